The number of fused-ring (bicyclic) bond motifs is 3. The van der Waals surface area contributed by atoms with Gasteiger partial charge in [-0.3, -0.25) is 24.1 Å². The Morgan fingerprint density at radius 2 is 1.90 bits per heavy atom. The fourth-order valence-corrected chi connectivity index (χ4v) is 7.14. The molecule has 2 aliphatic heterocycles. The molecule has 1 aliphatic carbocycles. The Hall–Kier alpha value is -5.37. The molecule has 4 aromatic rings. The average molecular weight is 681 g/mol. The van der Waals surface area contributed by atoms with Crippen LogP contribution >= 0.6 is 0 Å². The second-order valence-electron chi connectivity index (χ2n) is 13.9. The number of carbonyl (C=O) groups is 3. The molecule has 3 aliphatic rings. The maximum atomic E-state index is 14.0. The van der Waals surface area contributed by atoms with Crippen LogP contribution in [0.2, 0.25) is 0 Å². The molecule has 6 heterocycles. The molecule has 0 spiro atoms. The highest BCUT2D eigenvalue weighted by atomic mass is 16.5. The van der Waals surface area contributed by atoms with Crippen LogP contribution in [0, 0.1) is 5.41 Å². The normalized spacial score (nSPS) is 18.1. The second kappa shape index (κ2) is 12.8. The second-order valence-corrected chi connectivity index (χ2v) is 13.9. The summed E-state index contributed by atoms with van der Waals surface area (Å²) in [6.07, 6.45) is 4.90. The average Bonchev–Trinajstić information content (AvgIpc) is 3.58. The number of nitrogens with one attached hydrogen (secondary N) is 1. The summed E-state index contributed by atoms with van der Waals surface area (Å²) in [5.74, 6) is -0.0781. The minimum absolute atomic E-state index is 0.0420. The van der Waals surface area contributed by atoms with Crippen LogP contribution in [0.1, 0.15) is 65.4 Å². The zero-order valence-corrected chi connectivity index (χ0v) is 28.9. The van der Waals surface area contributed by atoms with E-state index in [0.717, 1.165) is 12.8 Å². The third-order valence-corrected chi connectivity index (χ3v) is 9.57. The van der Waals surface area contributed by atoms with E-state index in [1.807, 2.05) is 13.0 Å². The van der Waals surface area contributed by atoms with E-state index in [4.69, 9.17) is 9.47 Å². The predicted octanol–water partition coefficient (Wildman–Crippen LogP) is 3.49. The monoisotopic (exact) mass is 680 g/mol. The van der Waals surface area contributed by atoms with Crippen molar-refractivity contribution < 1.29 is 23.9 Å². The van der Waals surface area contributed by atoms with Gasteiger partial charge in [0.05, 0.1) is 30.5 Å². The lowest BCUT2D eigenvalue weighted by Gasteiger charge is -2.33. The van der Waals surface area contributed by atoms with Gasteiger partial charge in [0.15, 0.2) is 0 Å². The Morgan fingerprint density at radius 3 is 2.64 bits per heavy atom. The van der Waals surface area contributed by atoms with E-state index in [2.05, 4.69) is 38.8 Å². The van der Waals surface area contributed by atoms with Gasteiger partial charge in [0.1, 0.15) is 29.6 Å². The van der Waals surface area contributed by atoms with Crippen LogP contribution < -0.4 is 15.8 Å². The summed E-state index contributed by atoms with van der Waals surface area (Å²) in [5.41, 5.74) is 4.84. The van der Waals surface area contributed by atoms with Crippen LogP contribution in [0.4, 0.5) is 17.3 Å². The van der Waals surface area contributed by atoms with Crippen molar-refractivity contribution in [2.45, 2.75) is 59.7 Å². The molecular weight excluding hydrogens is 640 g/mol. The van der Waals surface area contributed by atoms with Crippen LogP contribution in [-0.4, -0.2) is 79.3 Å². The SMILES string of the molecule is CC(=O)OCc1c(-c2cc(Nc3ccc(C(=O)N4CCOC[C@@H]4C)cn3)c(=O)n(C)n2)ccnc1N1CCn2c(cc3c2CC(C)(C)C3)C1=O. The summed E-state index contributed by atoms with van der Waals surface area (Å²) >= 11 is 0. The molecule has 7 rings (SSSR count). The zero-order chi connectivity index (χ0) is 35.3. The number of esters is 1. The van der Waals surface area contributed by atoms with E-state index in [-0.39, 0.29) is 35.6 Å². The van der Waals surface area contributed by atoms with Crippen molar-refractivity contribution in [1.29, 1.82) is 0 Å². The molecule has 1 saturated heterocycles. The van der Waals surface area contributed by atoms with E-state index in [0.29, 0.717) is 72.6 Å². The van der Waals surface area contributed by atoms with Gasteiger partial charge in [-0.2, -0.15) is 5.10 Å². The number of morpholine rings is 1. The van der Waals surface area contributed by atoms with E-state index < -0.39 is 11.5 Å². The molecule has 0 aromatic carbocycles. The van der Waals surface area contributed by atoms with Crippen molar-refractivity contribution in [3.05, 3.63) is 81.2 Å². The Balaban J connectivity index is 1.20. The Labute approximate surface area is 289 Å². The fraction of sp³-hybridized carbons (Fsp3) is 0.417. The number of carbonyl (C=O) groups excluding carboxylic acids is 3. The Morgan fingerprint density at radius 1 is 1.08 bits per heavy atom. The summed E-state index contributed by atoms with van der Waals surface area (Å²) in [6, 6.07) is 8.58. The van der Waals surface area contributed by atoms with Gasteiger partial charge >= 0.3 is 5.97 Å². The molecule has 0 radical (unpaired) electrons. The number of hydrogen-bond donors (Lipinski definition) is 1. The van der Waals surface area contributed by atoms with Gasteiger partial charge in [-0.15, -0.1) is 0 Å². The molecular formula is C36H40N8O6. The van der Waals surface area contributed by atoms with Gasteiger partial charge in [0, 0.05) is 62.8 Å². The first-order chi connectivity index (χ1) is 23.9. The molecule has 2 amide bonds. The molecule has 1 atom stereocenters. The minimum atomic E-state index is -0.490. The van der Waals surface area contributed by atoms with Crippen molar-refractivity contribution in [2.24, 2.45) is 12.5 Å². The molecule has 0 saturated carbocycles. The number of rotatable bonds is 7. The number of aromatic nitrogens is 5. The summed E-state index contributed by atoms with van der Waals surface area (Å²) in [5, 5.41) is 7.60. The zero-order valence-electron chi connectivity index (χ0n) is 28.9. The predicted molar refractivity (Wildman–Crippen MR) is 184 cm³/mol. The third kappa shape index (κ3) is 6.15. The molecule has 0 bridgehead atoms. The van der Waals surface area contributed by atoms with Crippen LogP contribution in [0.25, 0.3) is 11.3 Å². The smallest absolute Gasteiger partial charge is 0.302 e. The van der Waals surface area contributed by atoms with Gasteiger partial charge in [-0.05, 0) is 61.1 Å². The first kappa shape index (κ1) is 33.1. The van der Waals surface area contributed by atoms with Gasteiger partial charge in [-0.1, -0.05) is 13.8 Å². The molecule has 14 heteroatoms. The van der Waals surface area contributed by atoms with Crippen molar-refractivity contribution in [2.75, 3.05) is 36.5 Å². The highest BCUT2D eigenvalue weighted by molar-refractivity contribution is 6.06. The highest BCUT2D eigenvalue weighted by Gasteiger charge is 2.38. The van der Waals surface area contributed by atoms with Crippen molar-refractivity contribution in [1.82, 2.24) is 29.2 Å². The van der Waals surface area contributed by atoms with Gasteiger partial charge < -0.3 is 24.3 Å². The van der Waals surface area contributed by atoms with Crippen LogP contribution in [0.15, 0.2) is 47.5 Å². The van der Waals surface area contributed by atoms with Gasteiger partial charge in [0.2, 0.25) is 0 Å². The molecule has 0 unspecified atom stereocenters. The molecule has 50 heavy (non-hydrogen) atoms. The summed E-state index contributed by atoms with van der Waals surface area (Å²) in [7, 11) is 1.53. The number of ether oxygens (including phenoxy) is 2. The van der Waals surface area contributed by atoms with E-state index in [9.17, 15) is 19.2 Å². The summed E-state index contributed by atoms with van der Waals surface area (Å²) in [6.45, 7) is 10.1. The molecule has 4 aromatic heterocycles. The molecule has 14 nitrogen and oxygen atoms in total. The molecule has 260 valence electrons. The summed E-state index contributed by atoms with van der Waals surface area (Å²) in [4.78, 5) is 64.7. The molecule has 1 fully saturated rings. The van der Waals surface area contributed by atoms with Crippen molar-refractivity contribution >= 4 is 35.1 Å². The topological polar surface area (TPSA) is 154 Å². The summed E-state index contributed by atoms with van der Waals surface area (Å²) < 4.78 is 14.3. The minimum Gasteiger partial charge on any atom is -0.461 e. The maximum absolute atomic E-state index is 14.0. The largest absolute Gasteiger partial charge is 0.461 e. The third-order valence-electron chi connectivity index (χ3n) is 9.57. The van der Waals surface area contributed by atoms with Gasteiger partial charge in [0.25, 0.3) is 17.4 Å². The molecule has 1 N–H and O–H groups in total. The lowest BCUT2D eigenvalue weighted by molar-refractivity contribution is -0.142. The van der Waals surface area contributed by atoms with Crippen molar-refractivity contribution in [3.8, 4) is 11.3 Å². The number of aryl methyl sites for hydroxylation is 1. The lowest BCUT2D eigenvalue weighted by Crippen LogP contribution is -2.47. The number of nitrogens with zero attached hydrogens (tertiary/aromatic N) is 7. The van der Waals surface area contributed by atoms with Crippen molar-refractivity contribution in [3.63, 3.8) is 0 Å². The number of amides is 2. The quantitative estimate of drug-likeness (QED) is 0.287. The fourth-order valence-electron chi connectivity index (χ4n) is 7.14. The lowest BCUT2D eigenvalue weighted by atomic mass is 9.90. The van der Waals surface area contributed by atoms with Crippen LogP contribution in [-0.2, 0) is 47.3 Å². The Kier molecular flexibility index (Phi) is 8.50. The first-order valence-electron chi connectivity index (χ1n) is 16.7. The standard InChI is InChI=1S/C36H40N8O6/c1-21-19-49-13-12-42(21)33(46)23-6-7-31(38-18-23)39-28-15-27(40-41(5)34(28)47)25-8-9-37-32(26(25)20-50-22(2)45)44-11-10-43-29(35(44)48)14-24-16-36(3,4)17-30(24)43/h6-9,14-15,18,21H,10-13,16-17,19-20H2,1-5H3,(H,38,39)/t21-/m0/s1. The van der Waals surface area contributed by atoms with Gasteiger partial charge in [-0.25, -0.2) is 14.6 Å². The maximum Gasteiger partial charge on any atom is 0.302 e. The number of hydrogen-bond acceptors (Lipinski definition) is 10. The van der Waals surface area contributed by atoms with E-state index >= 15 is 0 Å². The van der Waals surface area contributed by atoms with Crippen LogP contribution in [0.3, 0.4) is 0 Å². The highest BCUT2D eigenvalue weighted by Crippen LogP contribution is 2.40. The van der Waals surface area contributed by atoms with Crippen LogP contribution in [0.5, 0.6) is 0 Å². The first-order valence-corrected chi connectivity index (χ1v) is 16.7. The van der Waals surface area contributed by atoms with E-state index in [1.54, 1.807) is 40.3 Å². The number of anilines is 3. The Bertz CT molecular complexity index is 2070. The van der Waals surface area contributed by atoms with E-state index in [1.165, 1.54) is 36.1 Å². The number of pyridine rings is 2.